The summed E-state index contributed by atoms with van der Waals surface area (Å²) in [7, 11) is 0. The van der Waals surface area contributed by atoms with Gasteiger partial charge >= 0.3 is 0 Å². The number of hydrogen-bond donors (Lipinski definition) is 1. The Morgan fingerprint density at radius 2 is 2.00 bits per heavy atom. The Bertz CT molecular complexity index is 566. The van der Waals surface area contributed by atoms with Crippen molar-refractivity contribution in [2.75, 3.05) is 26.2 Å². The first-order valence-electron chi connectivity index (χ1n) is 8.08. The summed E-state index contributed by atoms with van der Waals surface area (Å²) in [5.74, 6) is -0.221. The summed E-state index contributed by atoms with van der Waals surface area (Å²) >= 11 is 0. The van der Waals surface area contributed by atoms with Crippen molar-refractivity contribution in [1.29, 1.82) is 0 Å². The van der Waals surface area contributed by atoms with E-state index in [1.54, 1.807) is 18.2 Å². The lowest BCUT2D eigenvalue weighted by atomic mass is 10.1. The van der Waals surface area contributed by atoms with E-state index in [9.17, 15) is 14.9 Å². The summed E-state index contributed by atoms with van der Waals surface area (Å²) in [6, 6.07) is 6.37. The van der Waals surface area contributed by atoms with E-state index >= 15 is 0 Å². The van der Waals surface area contributed by atoms with Crippen LogP contribution in [-0.2, 0) is 4.79 Å². The fraction of sp³-hybridized carbons (Fsp3) is 0.471. The maximum absolute atomic E-state index is 11.8. The van der Waals surface area contributed by atoms with E-state index in [0.29, 0.717) is 12.1 Å². The van der Waals surface area contributed by atoms with E-state index < -0.39 is 4.92 Å². The van der Waals surface area contributed by atoms with Crippen molar-refractivity contribution in [1.82, 2.24) is 10.2 Å². The summed E-state index contributed by atoms with van der Waals surface area (Å²) in [5.41, 5.74) is 0.433. The molecule has 6 heteroatoms. The van der Waals surface area contributed by atoms with Crippen LogP contribution in [-0.4, -0.2) is 41.9 Å². The molecular weight excluding hydrogens is 294 g/mol. The van der Waals surface area contributed by atoms with Crippen LogP contribution in [0, 0.1) is 10.1 Å². The van der Waals surface area contributed by atoms with Gasteiger partial charge in [0.25, 0.3) is 5.69 Å². The molecule has 124 valence electrons. The largest absolute Gasteiger partial charge is 0.353 e. The first-order chi connectivity index (χ1) is 11.2. The molecule has 23 heavy (non-hydrogen) atoms. The number of nitrogens with one attached hydrogen (secondary N) is 1. The summed E-state index contributed by atoms with van der Waals surface area (Å²) in [5, 5.41) is 13.7. The van der Waals surface area contributed by atoms with Crippen LogP contribution in [0.15, 0.2) is 30.3 Å². The zero-order chi connectivity index (χ0) is 16.5. The van der Waals surface area contributed by atoms with Gasteiger partial charge in [-0.2, -0.15) is 0 Å². The molecule has 0 bridgehead atoms. The Morgan fingerprint density at radius 3 is 2.74 bits per heavy atom. The highest BCUT2D eigenvalue weighted by Crippen LogP contribution is 2.18. The smallest absolute Gasteiger partial charge is 0.276 e. The Hall–Kier alpha value is -2.21. The van der Waals surface area contributed by atoms with Gasteiger partial charge in [0, 0.05) is 18.7 Å². The number of hydrogen-bond acceptors (Lipinski definition) is 4. The molecule has 1 aliphatic rings. The minimum absolute atomic E-state index is 0.00153. The minimum Gasteiger partial charge on any atom is -0.353 e. The molecule has 1 aromatic rings. The van der Waals surface area contributed by atoms with Gasteiger partial charge in [0.1, 0.15) is 0 Å². The predicted molar refractivity (Wildman–Crippen MR) is 90.0 cm³/mol. The van der Waals surface area contributed by atoms with E-state index in [1.807, 2.05) is 0 Å². The van der Waals surface area contributed by atoms with Crippen molar-refractivity contribution in [3.63, 3.8) is 0 Å². The average Bonchev–Trinajstić information content (AvgIpc) is 2.58. The van der Waals surface area contributed by atoms with Crippen LogP contribution >= 0.6 is 0 Å². The second-order valence-corrected chi connectivity index (χ2v) is 5.70. The third-order valence-corrected chi connectivity index (χ3v) is 3.95. The molecule has 1 amide bonds. The molecule has 1 saturated heterocycles. The molecule has 1 N–H and O–H groups in total. The predicted octanol–water partition coefficient (Wildman–Crippen LogP) is 2.60. The van der Waals surface area contributed by atoms with Gasteiger partial charge in [0.05, 0.1) is 10.5 Å². The van der Waals surface area contributed by atoms with E-state index in [0.717, 1.165) is 26.1 Å². The van der Waals surface area contributed by atoms with Crippen molar-refractivity contribution in [2.24, 2.45) is 0 Å². The van der Waals surface area contributed by atoms with Crippen molar-refractivity contribution in [3.8, 4) is 0 Å². The van der Waals surface area contributed by atoms with E-state index in [4.69, 9.17) is 0 Å². The lowest BCUT2D eigenvalue weighted by Crippen LogP contribution is -2.33. The number of amides is 1. The average molecular weight is 317 g/mol. The number of nitrogens with zero attached hydrogens (tertiary/aromatic N) is 2. The number of carbonyl (C=O) groups is 1. The number of nitro groups is 1. The molecular formula is C17H23N3O3. The first-order valence-corrected chi connectivity index (χ1v) is 8.08. The van der Waals surface area contributed by atoms with Crippen LogP contribution in [0.4, 0.5) is 5.69 Å². The molecule has 0 atom stereocenters. The Balaban J connectivity index is 1.73. The van der Waals surface area contributed by atoms with Gasteiger partial charge in [0.15, 0.2) is 0 Å². The minimum atomic E-state index is -0.448. The van der Waals surface area contributed by atoms with E-state index in [1.165, 1.54) is 37.5 Å². The molecule has 1 fully saturated rings. The lowest BCUT2D eigenvalue weighted by molar-refractivity contribution is -0.385. The number of piperidine rings is 1. The molecule has 0 unspecified atom stereocenters. The first kappa shape index (κ1) is 17.1. The van der Waals surface area contributed by atoms with Crippen molar-refractivity contribution in [3.05, 3.63) is 46.0 Å². The second-order valence-electron chi connectivity index (χ2n) is 5.70. The van der Waals surface area contributed by atoms with Gasteiger partial charge in [-0.3, -0.25) is 14.9 Å². The highest BCUT2D eigenvalue weighted by molar-refractivity contribution is 5.92. The monoisotopic (exact) mass is 317 g/mol. The van der Waals surface area contributed by atoms with Crippen LogP contribution in [0.5, 0.6) is 0 Å². The van der Waals surface area contributed by atoms with Crippen molar-refractivity contribution < 1.29 is 9.72 Å². The Kier molecular flexibility index (Phi) is 6.75. The summed E-state index contributed by atoms with van der Waals surface area (Å²) in [4.78, 5) is 24.6. The lowest BCUT2D eigenvalue weighted by Gasteiger charge is -2.26. The third kappa shape index (κ3) is 5.83. The van der Waals surface area contributed by atoms with Gasteiger partial charge in [-0.15, -0.1) is 0 Å². The highest BCUT2D eigenvalue weighted by atomic mass is 16.6. The molecule has 6 nitrogen and oxygen atoms in total. The number of para-hydroxylation sites is 1. The van der Waals surface area contributed by atoms with Gasteiger partial charge in [-0.1, -0.05) is 18.6 Å². The fourth-order valence-electron chi connectivity index (χ4n) is 2.72. The number of likely N-dealkylation sites (tertiary alicyclic amines) is 1. The topological polar surface area (TPSA) is 75.5 Å². The van der Waals surface area contributed by atoms with Crippen molar-refractivity contribution in [2.45, 2.75) is 25.7 Å². The molecule has 1 aromatic carbocycles. The number of carbonyl (C=O) groups excluding carboxylic acids is 1. The maximum atomic E-state index is 11.8. The highest BCUT2D eigenvalue weighted by Gasteiger charge is 2.10. The second kappa shape index (κ2) is 9.05. The Labute approximate surface area is 136 Å². The van der Waals surface area contributed by atoms with Crippen LogP contribution in [0.3, 0.4) is 0 Å². The zero-order valence-corrected chi connectivity index (χ0v) is 13.2. The molecule has 1 heterocycles. The molecule has 0 radical (unpaired) electrons. The van der Waals surface area contributed by atoms with Crippen LogP contribution < -0.4 is 5.32 Å². The van der Waals surface area contributed by atoms with E-state index in [-0.39, 0.29) is 11.6 Å². The van der Waals surface area contributed by atoms with E-state index in [2.05, 4.69) is 10.2 Å². The molecule has 0 spiro atoms. The van der Waals surface area contributed by atoms with Gasteiger partial charge in [0.2, 0.25) is 5.91 Å². The van der Waals surface area contributed by atoms with Crippen LogP contribution in [0.1, 0.15) is 31.2 Å². The van der Waals surface area contributed by atoms with Crippen LogP contribution in [0.25, 0.3) is 6.08 Å². The third-order valence-electron chi connectivity index (χ3n) is 3.95. The molecule has 0 aliphatic carbocycles. The van der Waals surface area contributed by atoms with Gasteiger partial charge in [-0.25, -0.2) is 0 Å². The maximum Gasteiger partial charge on any atom is 0.276 e. The molecule has 2 rings (SSSR count). The van der Waals surface area contributed by atoms with Crippen molar-refractivity contribution >= 4 is 17.7 Å². The quantitative estimate of drug-likeness (QED) is 0.363. The molecule has 1 aliphatic heterocycles. The zero-order valence-electron chi connectivity index (χ0n) is 13.2. The summed E-state index contributed by atoms with van der Waals surface area (Å²) < 4.78 is 0. The summed E-state index contributed by atoms with van der Waals surface area (Å²) in [6.07, 6.45) is 7.62. The molecule has 0 saturated carbocycles. The van der Waals surface area contributed by atoms with Gasteiger partial charge < -0.3 is 10.2 Å². The normalized spacial score (nSPS) is 15.7. The Morgan fingerprint density at radius 1 is 1.26 bits per heavy atom. The van der Waals surface area contributed by atoms with Gasteiger partial charge in [-0.05, 0) is 51.0 Å². The summed E-state index contributed by atoms with van der Waals surface area (Å²) in [6.45, 7) is 3.95. The SMILES string of the molecule is O=C(/C=C/c1ccccc1[N+](=O)[O-])NCCCN1CCCCC1. The number of rotatable bonds is 7. The number of benzene rings is 1. The van der Waals surface area contributed by atoms with Crippen LogP contribution in [0.2, 0.25) is 0 Å². The fourth-order valence-corrected chi connectivity index (χ4v) is 2.72. The number of nitro benzene ring substituents is 1. The standard InChI is InChI=1S/C17H23N3O3/c21-17(18-11-6-14-19-12-4-1-5-13-19)10-9-15-7-2-3-8-16(15)20(22)23/h2-3,7-10H,1,4-6,11-14H2,(H,18,21)/b10-9+. The molecule has 0 aromatic heterocycles.